The van der Waals surface area contributed by atoms with E-state index in [2.05, 4.69) is 0 Å². The molecule has 10 nitrogen and oxygen atoms in total. The van der Waals surface area contributed by atoms with E-state index in [9.17, 15) is 29.4 Å². The van der Waals surface area contributed by atoms with Crippen LogP contribution in [0.4, 0.5) is 0 Å². The monoisotopic (exact) mass is 876 g/mol. The van der Waals surface area contributed by atoms with E-state index in [0.29, 0.717) is 55.1 Å². The maximum atomic E-state index is 13.8. The Morgan fingerprint density at radius 2 is 0.792 bits per heavy atom. The van der Waals surface area contributed by atoms with Crippen molar-refractivity contribution in [2.24, 2.45) is 0 Å². The first-order valence-electron chi connectivity index (χ1n) is 15.1. The predicted octanol–water partition coefficient (Wildman–Crippen LogP) is -1.74. The van der Waals surface area contributed by atoms with Crippen LogP contribution in [0.2, 0.25) is 0 Å². The largest absolute Gasteiger partial charge is 1.00 e. The van der Waals surface area contributed by atoms with Crippen molar-refractivity contribution in [2.45, 2.75) is 26.2 Å². The Kier molecular flexibility index (Phi) is 10.4. The van der Waals surface area contributed by atoms with E-state index in [1.54, 1.807) is 60.7 Å². The Bertz CT molecular complexity index is 1780. The number of aromatic hydroxyl groups is 2. The summed E-state index contributed by atoms with van der Waals surface area (Å²) in [5, 5.41) is 21.4. The first-order chi connectivity index (χ1) is 21.5. The third-order valence-corrected chi connectivity index (χ3v) is 8.32. The molecular weight excluding hydrogens is 838 g/mol. The molecule has 0 unspecified atom stereocenters. The fraction of sp³-hybridized carbons (Fsp3) is 0.278. The average molecular weight is 877 g/mol. The van der Waals surface area contributed by atoms with Crippen LogP contribution in [-0.2, 0) is 26.2 Å². The Morgan fingerprint density at radius 1 is 0.500 bits per heavy atom. The smallest absolute Gasteiger partial charge is 0.261 e. The molecule has 0 fully saturated rings. The van der Waals surface area contributed by atoms with Crippen LogP contribution < -0.4 is 48.0 Å². The van der Waals surface area contributed by atoms with Gasteiger partial charge in [-0.3, -0.25) is 29.0 Å². The van der Waals surface area contributed by atoms with Crippen molar-refractivity contribution in [3.05, 3.63) is 105 Å². The van der Waals surface area contributed by atoms with Crippen molar-refractivity contribution < 1.29 is 86.3 Å². The van der Waals surface area contributed by atoms with Crippen LogP contribution in [0.25, 0.3) is 10.8 Å². The summed E-state index contributed by atoms with van der Waals surface area (Å²) in [6.07, 6.45) is 0. The zero-order valence-corrected chi connectivity index (χ0v) is 32.0. The van der Waals surface area contributed by atoms with Crippen molar-refractivity contribution >= 4 is 34.4 Å². The fourth-order valence-electron chi connectivity index (χ4n) is 6.38. The summed E-state index contributed by atoms with van der Waals surface area (Å²) in [5.41, 5.74) is 3.79. The topological polar surface area (TPSA) is 115 Å². The van der Waals surface area contributed by atoms with Crippen molar-refractivity contribution in [1.29, 1.82) is 0 Å². The number of carbonyl (C=O) groups is 4. The molecule has 4 aromatic rings. The van der Waals surface area contributed by atoms with Gasteiger partial charge in [0.25, 0.3) is 23.6 Å². The number of hydrogen-bond donors (Lipinski definition) is 2. The van der Waals surface area contributed by atoms with Gasteiger partial charge < -0.3 is 67.1 Å². The van der Waals surface area contributed by atoms with Gasteiger partial charge in [-0.15, -0.1) is 0 Å². The number of rotatable bonds is 8. The number of amides is 4. The van der Waals surface area contributed by atoms with Crippen LogP contribution in [0.5, 0.6) is 11.5 Å². The highest BCUT2D eigenvalue weighted by Crippen LogP contribution is 2.39. The minimum atomic E-state index is -0.515. The van der Waals surface area contributed by atoms with Gasteiger partial charge in [0.2, 0.25) is 0 Å². The SMILES string of the molecule is C[N+](C)(C)Cc1cc(CN2C(=O)c3ccc4c5c(ccc(c35)C2=O)C(=O)N(Cc2ccc(O)c(C[N+](C)(C)C)c2)C4=O)ccc1O.[I-].[I-]. The molecule has 48 heavy (non-hydrogen) atoms. The molecular formula is C36H38I2N4O6. The molecule has 0 spiro atoms. The maximum absolute atomic E-state index is 13.8. The number of halogens is 2. The summed E-state index contributed by atoms with van der Waals surface area (Å²) in [6, 6.07) is 16.4. The van der Waals surface area contributed by atoms with E-state index >= 15 is 0 Å². The van der Waals surface area contributed by atoms with Gasteiger partial charge in [0, 0.05) is 44.2 Å². The van der Waals surface area contributed by atoms with Gasteiger partial charge in [-0.1, -0.05) is 12.1 Å². The third-order valence-electron chi connectivity index (χ3n) is 8.32. The molecule has 2 aliphatic rings. The predicted molar refractivity (Wildman–Crippen MR) is 172 cm³/mol. The van der Waals surface area contributed by atoms with E-state index in [0.717, 1.165) is 0 Å². The van der Waals surface area contributed by atoms with Gasteiger partial charge in [0.1, 0.15) is 24.6 Å². The summed E-state index contributed by atoms with van der Waals surface area (Å²) in [6.45, 7) is 1.11. The van der Waals surface area contributed by atoms with Crippen LogP contribution in [0.1, 0.15) is 63.7 Å². The molecule has 0 aliphatic carbocycles. The molecule has 0 aromatic heterocycles. The fourth-order valence-corrected chi connectivity index (χ4v) is 6.38. The van der Waals surface area contributed by atoms with E-state index in [1.165, 1.54) is 9.80 Å². The van der Waals surface area contributed by atoms with Gasteiger partial charge in [0.05, 0.1) is 55.4 Å². The van der Waals surface area contributed by atoms with Crippen LogP contribution in [0.15, 0.2) is 60.7 Å². The summed E-state index contributed by atoms with van der Waals surface area (Å²) >= 11 is 0. The summed E-state index contributed by atoms with van der Waals surface area (Å²) in [5.74, 6) is -1.76. The molecule has 252 valence electrons. The van der Waals surface area contributed by atoms with Gasteiger partial charge in [-0.05, 0) is 59.7 Å². The molecule has 6 rings (SSSR count). The summed E-state index contributed by atoms with van der Waals surface area (Å²) in [4.78, 5) is 57.6. The number of benzene rings is 4. The lowest BCUT2D eigenvalue weighted by Gasteiger charge is -2.32. The van der Waals surface area contributed by atoms with Crippen LogP contribution in [0, 0.1) is 0 Å². The Labute approximate surface area is 313 Å². The van der Waals surface area contributed by atoms with Crippen LogP contribution in [0.3, 0.4) is 0 Å². The molecule has 4 amide bonds. The average Bonchev–Trinajstić information content (AvgIpc) is 2.96. The lowest BCUT2D eigenvalue weighted by atomic mass is 9.85. The second-order valence-electron chi connectivity index (χ2n) is 14.3. The lowest BCUT2D eigenvalue weighted by molar-refractivity contribution is -0.884. The lowest BCUT2D eigenvalue weighted by Crippen LogP contribution is -3.00. The first-order valence-corrected chi connectivity index (χ1v) is 15.1. The quantitative estimate of drug-likeness (QED) is 0.124. The minimum absolute atomic E-state index is 0. The van der Waals surface area contributed by atoms with Crippen molar-refractivity contribution in [1.82, 2.24) is 9.80 Å². The van der Waals surface area contributed by atoms with E-state index in [1.807, 2.05) is 42.3 Å². The molecule has 2 aliphatic heterocycles. The Hall–Kier alpha value is -3.60. The third kappa shape index (κ3) is 6.93. The number of nitrogens with zero attached hydrogens (tertiary/aromatic N) is 4. The molecule has 0 atom stereocenters. The van der Waals surface area contributed by atoms with E-state index < -0.39 is 23.6 Å². The van der Waals surface area contributed by atoms with Gasteiger partial charge in [-0.2, -0.15) is 0 Å². The molecule has 2 N–H and O–H groups in total. The first kappa shape index (κ1) is 37.2. The van der Waals surface area contributed by atoms with E-state index in [4.69, 9.17) is 0 Å². The van der Waals surface area contributed by atoms with Crippen molar-refractivity contribution in [3.8, 4) is 11.5 Å². The van der Waals surface area contributed by atoms with Gasteiger partial charge >= 0.3 is 0 Å². The minimum Gasteiger partial charge on any atom is -1.00 e. The van der Waals surface area contributed by atoms with Crippen LogP contribution >= 0.6 is 0 Å². The van der Waals surface area contributed by atoms with Crippen molar-refractivity contribution in [2.75, 3.05) is 42.3 Å². The molecule has 12 heteroatoms. The molecule has 0 saturated heterocycles. The second-order valence-corrected chi connectivity index (χ2v) is 14.3. The van der Waals surface area contributed by atoms with Crippen LogP contribution in [-0.4, -0.2) is 94.9 Å². The highest BCUT2D eigenvalue weighted by Gasteiger charge is 2.39. The standard InChI is InChI=1S/C36H36N4O6.2HI/c1-39(2,3)19-23-15-21(7-13-29(23)41)17-37-33(43)25-9-11-27-32-28(12-10-26(31(25)32)34(37)44)36(46)38(35(27)45)18-22-8-14-30(42)24(16-22)20-40(4,5)6;;/h7-16H,17-20H2,1-6H3;2*1H. The molecule has 0 saturated carbocycles. The Morgan fingerprint density at radius 3 is 1.06 bits per heavy atom. The number of phenolic OH excluding ortho intramolecular Hbond substituents is 2. The maximum Gasteiger partial charge on any atom is 0.261 e. The summed E-state index contributed by atoms with van der Waals surface area (Å²) < 4.78 is 1.17. The van der Waals surface area contributed by atoms with Crippen molar-refractivity contribution in [3.63, 3.8) is 0 Å². The molecule has 0 radical (unpaired) electrons. The number of carbonyl (C=O) groups excluding carboxylic acids is 4. The van der Waals surface area contributed by atoms with Gasteiger partial charge in [-0.25, -0.2) is 0 Å². The number of imide groups is 2. The highest BCUT2D eigenvalue weighted by atomic mass is 127. The molecule has 4 aromatic carbocycles. The Balaban J connectivity index is 0.00000260. The molecule has 0 bridgehead atoms. The normalized spacial score (nSPS) is 14.3. The summed E-state index contributed by atoms with van der Waals surface area (Å²) in [7, 11) is 12.0. The second kappa shape index (κ2) is 13.4. The number of quaternary nitrogens is 2. The van der Waals surface area contributed by atoms with E-state index in [-0.39, 0.29) is 94.8 Å². The number of phenols is 2. The highest BCUT2D eigenvalue weighted by molar-refractivity contribution is 6.33. The van der Waals surface area contributed by atoms with Gasteiger partial charge in [0.15, 0.2) is 0 Å². The zero-order valence-electron chi connectivity index (χ0n) is 27.7. The number of hydrogen-bond acceptors (Lipinski definition) is 6. The molecule has 2 heterocycles. The zero-order chi connectivity index (χ0) is 33.3.